The lowest BCUT2D eigenvalue weighted by Gasteiger charge is -2.38. The summed E-state index contributed by atoms with van der Waals surface area (Å²) in [7, 11) is 3.41. The van der Waals surface area contributed by atoms with E-state index in [-0.39, 0.29) is 42.8 Å². The number of hydrogen-bond donors (Lipinski definition) is 1. The van der Waals surface area contributed by atoms with E-state index < -0.39 is 0 Å². The smallest absolute Gasteiger partial charge is 0.236 e. The predicted molar refractivity (Wildman–Crippen MR) is 94.6 cm³/mol. The second-order valence-corrected chi connectivity index (χ2v) is 6.08. The lowest BCUT2D eigenvalue weighted by molar-refractivity contribution is -0.133. The second-order valence-electron chi connectivity index (χ2n) is 6.08. The van der Waals surface area contributed by atoms with Crippen LogP contribution in [0.2, 0.25) is 0 Å². The van der Waals surface area contributed by atoms with E-state index >= 15 is 0 Å². The Bertz CT molecular complexity index is 532. The molecule has 24 heavy (non-hydrogen) atoms. The molecule has 2 rings (SSSR count). The van der Waals surface area contributed by atoms with Gasteiger partial charge in [0, 0.05) is 45.4 Å². The molecule has 2 atom stereocenters. The summed E-state index contributed by atoms with van der Waals surface area (Å²) in [5.74, 6) is -0.310. The molecule has 2 N–H and O–H groups in total. The van der Waals surface area contributed by atoms with Gasteiger partial charge in [-0.2, -0.15) is 0 Å². The van der Waals surface area contributed by atoms with Crippen molar-refractivity contribution in [2.24, 2.45) is 5.73 Å². The summed E-state index contributed by atoms with van der Waals surface area (Å²) in [6.07, 6.45) is 1.96. The number of likely N-dealkylation sites (N-methyl/N-ethyl adjacent to an activating group) is 1. The summed E-state index contributed by atoms with van der Waals surface area (Å²) < 4.78 is 19.1. The van der Waals surface area contributed by atoms with Crippen LogP contribution >= 0.6 is 12.4 Å². The standard InChI is InChI=1S/C17H26FN3O2.ClH/c1-20(11-13-5-3-4-6-16(13)18)17(22)12-21-8-7-15(23-2)9-14(21)10-19;/h3-6,14-15H,7-12,19H2,1-2H3;1H. The summed E-state index contributed by atoms with van der Waals surface area (Å²) in [5.41, 5.74) is 6.36. The maximum Gasteiger partial charge on any atom is 0.236 e. The highest BCUT2D eigenvalue weighted by atomic mass is 35.5. The van der Waals surface area contributed by atoms with Gasteiger partial charge < -0.3 is 15.4 Å². The van der Waals surface area contributed by atoms with Crippen LogP contribution in [0.1, 0.15) is 18.4 Å². The molecule has 0 aromatic heterocycles. The number of ether oxygens (including phenoxy) is 1. The number of rotatable bonds is 6. The Morgan fingerprint density at radius 3 is 2.79 bits per heavy atom. The molecule has 0 spiro atoms. The Labute approximate surface area is 149 Å². The van der Waals surface area contributed by atoms with Crippen LogP contribution in [0.3, 0.4) is 0 Å². The molecule has 1 saturated heterocycles. The molecule has 0 saturated carbocycles. The number of carbonyl (C=O) groups excluding carboxylic acids is 1. The quantitative estimate of drug-likeness (QED) is 0.839. The van der Waals surface area contributed by atoms with E-state index in [1.54, 1.807) is 37.3 Å². The number of nitrogens with two attached hydrogens (primary N) is 1. The fourth-order valence-electron chi connectivity index (χ4n) is 3.00. The number of piperidine rings is 1. The molecule has 1 aromatic rings. The molecule has 136 valence electrons. The van der Waals surface area contributed by atoms with Gasteiger partial charge in [0.1, 0.15) is 5.82 Å². The molecule has 2 unspecified atom stereocenters. The van der Waals surface area contributed by atoms with Crippen LogP contribution in [0.5, 0.6) is 0 Å². The lowest BCUT2D eigenvalue weighted by atomic mass is 9.99. The van der Waals surface area contributed by atoms with Crippen molar-refractivity contribution in [3.63, 3.8) is 0 Å². The van der Waals surface area contributed by atoms with Crippen molar-refractivity contribution < 1.29 is 13.9 Å². The minimum atomic E-state index is -0.284. The molecule has 1 fully saturated rings. The van der Waals surface area contributed by atoms with Crippen LogP contribution in [-0.2, 0) is 16.1 Å². The van der Waals surface area contributed by atoms with Crippen LogP contribution in [0.15, 0.2) is 24.3 Å². The lowest BCUT2D eigenvalue weighted by Crippen LogP contribution is -2.51. The third-order valence-electron chi connectivity index (χ3n) is 4.52. The molecule has 1 amide bonds. The van der Waals surface area contributed by atoms with E-state index in [9.17, 15) is 9.18 Å². The average molecular weight is 360 g/mol. The van der Waals surface area contributed by atoms with Crippen molar-refractivity contribution in [1.29, 1.82) is 0 Å². The Balaban J connectivity index is 0.00000288. The third-order valence-corrected chi connectivity index (χ3v) is 4.52. The minimum absolute atomic E-state index is 0. The first-order chi connectivity index (χ1) is 11.0. The number of benzene rings is 1. The largest absolute Gasteiger partial charge is 0.381 e. The third kappa shape index (κ3) is 5.41. The van der Waals surface area contributed by atoms with Gasteiger partial charge in [0.15, 0.2) is 0 Å². The highest BCUT2D eigenvalue weighted by Crippen LogP contribution is 2.19. The maximum absolute atomic E-state index is 13.7. The van der Waals surface area contributed by atoms with Crippen molar-refractivity contribution in [2.45, 2.75) is 31.5 Å². The van der Waals surface area contributed by atoms with Crippen LogP contribution in [0.4, 0.5) is 4.39 Å². The number of methoxy groups -OCH3 is 1. The fraction of sp³-hybridized carbons (Fsp3) is 0.588. The second kappa shape index (κ2) is 9.93. The summed E-state index contributed by atoms with van der Waals surface area (Å²) in [6.45, 7) is 1.88. The Kier molecular flexibility index (Phi) is 8.62. The summed E-state index contributed by atoms with van der Waals surface area (Å²) >= 11 is 0. The first kappa shape index (κ1) is 20.8. The summed E-state index contributed by atoms with van der Waals surface area (Å²) in [4.78, 5) is 16.1. The van der Waals surface area contributed by atoms with Crippen molar-refractivity contribution in [3.8, 4) is 0 Å². The Hall–Kier alpha value is -1.21. The van der Waals surface area contributed by atoms with Crippen LogP contribution in [0, 0.1) is 5.82 Å². The minimum Gasteiger partial charge on any atom is -0.381 e. The molecule has 1 heterocycles. The first-order valence-corrected chi connectivity index (χ1v) is 7.99. The normalized spacial score (nSPS) is 21.2. The van der Waals surface area contributed by atoms with Gasteiger partial charge in [-0.15, -0.1) is 12.4 Å². The highest BCUT2D eigenvalue weighted by Gasteiger charge is 2.29. The summed E-state index contributed by atoms with van der Waals surface area (Å²) in [6, 6.07) is 6.68. The molecular weight excluding hydrogens is 333 g/mol. The molecule has 5 nitrogen and oxygen atoms in total. The Morgan fingerprint density at radius 1 is 1.46 bits per heavy atom. The van der Waals surface area contributed by atoms with Crippen molar-refractivity contribution >= 4 is 18.3 Å². The van der Waals surface area contributed by atoms with E-state index in [1.165, 1.54) is 6.07 Å². The molecule has 7 heteroatoms. The van der Waals surface area contributed by atoms with Gasteiger partial charge in [0.05, 0.1) is 12.6 Å². The zero-order valence-corrected chi connectivity index (χ0v) is 15.1. The number of halogens is 2. The number of amides is 1. The predicted octanol–water partition coefficient (Wildman–Crippen LogP) is 1.64. The zero-order chi connectivity index (χ0) is 16.8. The van der Waals surface area contributed by atoms with E-state index in [0.717, 1.165) is 19.4 Å². The van der Waals surface area contributed by atoms with Gasteiger partial charge in [-0.3, -0.25) is 9.69 Å². The van der Waals surface area contributed by atoms with E-state index in [1.807, 2.05) is 0 Å². The van der Waals surface area contributed by atoms with Crippen LogP contribution in [-0.4, -0.2) is 61.6 Å². The summed E-state index contributed by atoms with van der Waals surface area (Å²) in [5, 5.41) is 0. The number of nitrogens with zero attached hydrogens (tertiary/aromatic N) is 2. The van der Waals surface area contributed by atoms with E-state index in [4.69, 9.17) is 10.5 Å². The molecule has 1 aliphatic heterocycles. The Morgan fingerprint density at radius 2 is 2.17 bits per heavy atom. The molecule has 1 aliphatic rings. The van der Waals surface area contributed by atoms with Crippen molar-refractivity contribution in [1.82, 2.24) is 9.80 Å². The molecule has 0 radical (unpaired) electrons. The SMILES string of the molecule is COC1CCN(CC(=O)N(C)Cc2ccccc2F)C(CN)C1.Cl. The fourth-order valence-corrected chi connectivity index (χ4v) is 3.00. The van der Waals surface area contributed by atoms with Gasteiger partial charge in [-0.1, -0.05) is 18.2 Å². The van der Waals surface area contributed by atoms with Gasteiger partial charge >= 0.3 is 0 Å². The zero-order valence-electron chi connectivity index (χ0n) is 14.3. The van der Waals surface area contributed by atoms with Crippen LogP contribution < -0.4 is 5.73 Å². The molecule has 0 bridgehead atoms. The first-order valence-electron chi connectivity index (χ1n) is 7.99. The van der Waals surface area contributed by atoms with Gasteiger partial charge in [-0.05, 0) is 18.9 Å². The topological polar surface area (TPSA) is 58.8 Å². The van der Waals surface area contributed by atoms with Gasteiger partial charge in [0.2, 0.25) is 5.91 Å². The van der Waals surface area contributed by atoms with Crippen molar-refractivity contribution in [3.05, 3.63) is 35.6 Å². The van der Waals surface area contributed by atoms with Crippen molar-refractivity contribution in [2.75, 3.05) is 33.8 Å². The maximum atomic E-state index is 13.7. The highest BCUT2D eigenvalue weighted by molar-refractivity contribution is 5.85. The number of carbonyl (C=O) groups is 1. The molecule has 1 aromatic carbocycles. The van der Waals surface area contributed by atoms with Crippen LogP contribution in [0.25, 0.3) is 0 Å². The van der Waals surface area contributed by atoms with Gasteiger partial charge in [0.25, 0.3) is 0 Å². The van der Waals surface area contributed by atoms with E-state index in [0.29, 0.717) is 18.7 Å². The van der Waals surface area contributed by atoms with Gasteiger partial charge in [-0.25, -0.2) is 4.39 Å². The van der Waals surface area contributed by atoms with E-state index in [2.05, 4.69) is 4.90 Å². The average Bonchev–Trinajstić information content (AvgIpc) is 2.57. The number of hydrogen-bond acceptors (Lipinski definition) is 4. The molecular formula is C17H27ClFN3O2. The monoisotopic (exact) mass is 359 g/mol. The molecule has 0 aliphatic carbocycles. The number of likely N-dealkylation sites (tertiary alicyclic amines) is 1.